The van der Waals surface area contributed by atoms with Crippen LogP contribution in [0.15, 0.2) is 48.6 Å². The predicted molar refractivity (Wildman–Crippen MR) is 169 cm³/mol. The second kappa shape index (κ2) is 20.0. The maximum atomic E-state index is 12.2. The van der Waals surface area contributed by atoms with E-state index < -0.39 is 36.1 Å². The van der Waals surface area contributed by atoms with Crippen LogP contribution in [0.1, 0.15) is 64.2 Å². The Labute approximate surface area is 266 Å². The van der Waals surface area contributed by atoms with Crippen molar-refractivity contribution < 1.29 is 48.3 Å². The van der Waals surface area contributed by atoms with Gasteiger partial charge in [-0.3, -0.25) is 0 Å². The molecule has 2 fully saturated rings. The van der Waals surface area contributed by atoms with E-state index in [0.29, 0.717) is 33.5 Å². The van der Waals surface area contributed by atoms with Crippen LogP contribution < -0.4 is 9.47 Å². The highest BCUT2D eigenvalue weighted by Crippen LogP contribution is 2.30. The van der Waals surface area contributed by atoms with Crippen molar-refractivity contribution in [2.45, 2.75) is 86.9 Å². The number of aliphatic carboxylic acids is 2. The molecular formula is C32H42O10S2. The zero-order valence-electron chi connectivity index (χ0n) is 24.8. The van der Waals surface area contributed by atoms with Crippen LogP contribution in [0.4, 0.5) is 0 Å². The average Bonchev–Trinajstić information content (AvgIpc) is 3.02. The first-order valence-electron chi connectivity index (χ1n) is 15.1. The third-order valence-electron chi connectivity index (χ3n) is 7.11. The van der Waals surface area contributed by atoms with Crippen LogP contribution in [-0.2, 0) is 28.7 Å². The summed E-state index contributed by atoms with van der Waals surface area (Å²) < 4.78 is 22.9. The van der Waals surface area contributed by atoms with Crippen LogP contribution in [0.3, 0.4) is 0 Å². The number of esters is 2. The van der Waals surface area contributed by atoms with E-state index in [-0.39, 0.29) is 13.2 Å². The maximum Gasteiger partial charge on any atom is 0.331 e. The molecule has 2 N–H and O–H groups in total. The normalized spacial score (nSPS) is 17.6. The first kappa shape index (κ1) is 35.4. The molecule has 2 aliphatic rings. The van der Waals surface area contributed by atoms with Crippen molar-refractivity contribution in [3.8, 4) is 11.5 Å². The summed E-state index contributed by atoms with van der Waals surface area (Å²) in [5.74, 6) is -1.93. The summed E-state index contributed by atoms with van der Waals surface area (Å²) in [5, 5.41) is 18.6. The molecule has 2 saturated carbocycles. The Morgan fingerprint density at radius 3 is 1.48 bits per heavy atom. The number of carbonyl (C=O) groups excluding carboxylic acids is 2. The zero-order chi connectivity index (χ0) is 31.6. The smallest absolute Gasteiger partial charge is 0.331 e. The van der Waals surface area contributed by atoms with Gasteiger partial charge in [-0.25, -0.2) is 19.2 Å². The lowest BCUT2D eigenvalue weighted by Gasteiger charge is -2.24. The molecule has 12 heteroatoms. The summed E-state index contributed by atoms with van der Waals surface area (Å²) in [7, 11) is 0. The Kier molecular flexibility index (Phi) is 16.1. The first-order chi connectivity index (χ1) is 21.3. The fraction of sp³-hybridized carbons (Fsp3) is 0.562. The summed E-state index contributed by atoms with van der Waals surface area (Å²) in [6.07, 6.45) is 13.8. The Hall–Kier alpha value is -3.12. The summed E-state index contributed by atoms with van der Waals surface area (Å²) in [6, 6.07) is 6.94. The molecule has 242 valence electrons. The molecule has 2 atom stereocenters. The van der Waals surface area contributed by atoms with Crippen LogP contribution in [-0.4, -0.2) is 81.5 Å². The summed E-state index contributed by atoms with van der Waals surface area (Å²) in [5.41, 5.74) is 0. The largest absolute Gasteiger partial charge is 0.490 e. The van der Waals surface area contributed by atoms with E-state index in [4.69, 9.17) is 29.2 Å². The SMILES string of the molecule is O=C(O)/C=C/C(=O)OC(COc1cccc(OCC(CSC2CCCCC2)OC(=O)/C=C/C(=O)O)c1)CSC1CCCCC1. The number of carboxylic acids is 2. The minimum absolute atomic E-state index is 0.0734. The third kappa shape index (κ3) is 15.1. The van der Waals surface area contributed by atoms with E-state index >= 15 is 0 Å². The zero-order valence-corrected chi connectivity index (χ0v) is 26.4. The average molecular weight is 651 g/mol. The molecule has 0 aromatic heterocycles. The second-order valence-corrected chi connectivity index (χ2v) is 13.4. The van der Waals surface area contributed by atoms with Gasteiger partial charge < -0.3 is 29.2 Å². The van der Waals surface area contributed by atoms with Gasteiger partial charge in [-0.1, -0.05) is 44.6 Å². The number of thioether (sulfide) groups is 2. The van der Waals surface area contributed by atoms with Gasteiger partial charge in [0.15, 0.2) is 0 Å². The summed E-state index contributed by atoms with van der Waals surface area (Å²) >= 11 is 3.49. The molecule has 2 unspecified atom stereocenters. The van der Waals surface area contributed by atoms with E-state index in [1.807, 2.05) is 0 Å². The van der Waals surface area contributed by atoms with Crippen molar-refractivity contribution in [3.05, 3.63) is 48.6 Å². The Bertz CT molecular complexity index is 1040. The molecule has 0 bridgehead atoms. The number of hydrogen-bond acceptors (Lipinski definition) is 10. The summed E-state index contributed by atoms with van der Waals surface area (Å²) in [6.45, 7) is 0.147. The molecule has 10 nitrogen and oxygen atoms in total. The number of carbonyl (C=O) groups is 4. The molecule has 0 amide bonds. The Morgan fingerprint density at radius 2 is 1.09 bits per heavy atom. The second-order valence-electron chi connectivity index (χ2n) is 10.7. The number of benzene rings is 1. The molecule has 0 saturated heterocycles. The van der Waals surface area contributed by atoms with Crippen molar-refractivity contribution in [2.24, 2.45) is 0 Å². The molecule has 0 aliphatic heterocycles. The van der Waals surface area contributed by atoms with E-state index in [0.717, 1.165) is 50.0 Å². The van der Waals surface area contributed by atoms with Crippen LogP contribution in [0.5, 0.6) is 11.5 Å². The third-order valence-corrected chi connectivity index (χ3v) is 10.1. The van der Waals surface area contributed by atoms with Crippen LogP contribution in [0.25, 0.3) is 0 Å². The molecule has 3 rings (SSSR count). The highest BCUT2D eigenvalue weighted by atomic mass is 32.2. The van der Waals surface area contributed by atoms with E-state index in [1.54, 1.807) is 47.8 Å². The van der Waals surface area contributed by atoms with Gasteiger partial charge in [0.05, 0.1) is 0 Å². The molecule has 44 heavy (non-hydrogen) atoms. The number of hydrogen-bond donors (Lipinski definition) is 2. The number of carboxylic acid groups (broad SMARTS) is 2. The van der Waals surface area contributed by atoms with Gasteiger partial charge in [0.25, 0.3) is 0 Å². The summed E-state index contributed by atoms with van der Waals surface area (Å²) in [4.78, 5) is 46.0. The molecule has 1 aromatic rings. The monoisotopic (exact) mass is 650 g/mol. The molecule has 0 spiro atoms. The Morgan fingerprint density at radius 1 is 0.682 bits per heavy atom. The number of rotatable bonds is 18. The van der Waals surface area contributed by atoms with Crippen LogP contribution >= 0.6 is 23.5 Å². The lowest BCUT2D eigenvalue weighted by Crippen LogP contribution is -2.28. The highest BCUT2D eigenvalue weighted by Gasteiger charge is 2.22. The highest BCUT2D eigenvalue weighted by molar-refractivity contribution is 8.00. The number of ether oxygens (including phenoxy) is 4. The first-order valence-corrected chi connectivity index (χ1v) is 17.2. The lowest BCUT2D eigenvalue weighted by molar-refractivity contribution is -0.144. The van der Waals surface area contributed by atoms with Crippen molar-refractivity contribution >= 4 is 47.4 Å². The van der Waals surface area contributed by atoms with Crippen molar-refractivity contribution in [1.29, 1.82) is 0 Å². The lowest BCUT2D eigenvalue weighted by atomic mass is 10.0. The predicted octanol–water partition coefficient (Wildman–Crippen LogP) is 5.68. The van der Waals surface area contributed by atoms with Crippen LogP contribution in [0, 0.1) is 0 Å². The Balaban J connectivity index is 1.57. The van der Waals surface area contributed by atoms with Crippen LogP contribution in [0.2, 0.25) is 0 Å². The fourth-order valence-electron chi connectivity index (χ4n) is 4.90. The molecule has 1 aromatic carbocycles. The van der Waals surface area contributed by atoms with Gasteiger partial charge in [-0.05, 0) is 37.8 Å². The van der Waals surface area contributed by atoms with Gasteiger partial charge in [0, 0.05) is 52.4 Å². The fourth-order valence-corrected chi connectivity index (χ4v) is 7.54. The van der Waals surface area contributed by atoms with E-state index in [1.165, 1.54) is 38.5 Å². The molecular weight excluding hydrogens is 608 g/mol. The maximum absolute atomic E-state index is 12.2. The van der Waals surface area contributed by atoms with Gasteiger partial charge in [0.1, 0.15) is 36.9 Å². The van der Waals surface area contributed by atoms with Gasteiger partial charge in [-0.2, -0.15) is 23.5 Å². The van der Waals surface area contributed by atoms with Crippen molar-refractivity contribution in [3.63, 3.8) is 0 Å². The molecule has 0 heterocycles. The van der Waals surface area contributed by atoms with Gasteiger partial charge in [-0.15, -0.1) is 0 Å². The van der Waals surface area contributed by atoms with Gasteiger partial charge >= 0.3 is 23.9 Å². The van der Waals surface area contributed by atoms with E-state index in [9.17, 15) is 19.2 Å². The molecule has 2 aliphatic carbocycles. The quantitative estimate of drug-likeness (QED) is 0.149. The topological polar surface area (TPSA) is 146 Å². The minimum Gasteiger partial charge on any atom is -0.490 e. The minimum atomic E-state index is -1.23. The van der Waals surface area contributed by atoms with E-state index in [2.05, 4.69) is 0 Å². The molecule has 0 radical (unpaired) electrons. The van der Waals surface area contributed by atoms with Gasteiger partial charge in [0.2, 0.25) is 0 Å². The van der Waals surface area contributed by atoms with Crippen molar-refractivity contribution in [1.82, 2.24) is 0 Å². The van der Waals surface area contributed by atoms with Crippen molar-refractivity contribution in [2.75, 3.05) is 24.7 Å². The standard InChI is InChI=1S/C32H42O10S2/c33-29(34)14-16-31(37)41-25(21-43-27-10-3-1-4-11-27)19-39-23-8-7-9-24(18-23)40-20-26(42-32(38)17-15-30(35)36)22-44-28-12-5-2-6-13-28/h7-9,14-18,25-28H,1-6,10-13,19-22H2,(H,33,34)(H,35,36)/b16-14+,17-15+.